The Kier molecular flexibility index (Phi) is 3.54. The van der Waals surface area contributed by atoms with Gasteiger partial charge in [-0.2, -0.15) is 11.3 Å². The molecule has 0 bridgehead atoms. The summed E-state index contributed by atoms with van der Waals surface area (Å²) in [6, 6.07) is 1.95. The minimum atomic E-state index is -0.784. The van der Waals surface area contributed by atoms with Gasteiger partial charge in [0.05, 0.1) is 12.3 Å². The summed E-state index contributed by atoms with van der Waals surface area (Å²) in [5, 5.41) is 4.71. The number of aryl methyl sites for hydroxylation is 1. The van der Waals surface area contributed by atoms with E-state index in [0.717, 1.165) is 10.6 Å². The Morgan fingerprint density at radius 3 is 3.05 bits per heavy atom. The number of nitrogens with zero attached hydrogens (tertiary/aromatic N) is 1. The Bertz CT molecular complexity index is 647. The summed E-state index contributed by atoms with van der Waals surface area (Å²) >= 11 is 2.85. The van der Waals surface area contributed by atoms with Crippen LogP contribution in [-0.4, -0.2) is 29.6 Å². The number of carbonyl (C=O) groups is 2. The lowest BCUT2D eigenvalue weighted by atomic mass is 10.3. The molecule has 0 spiro atoms. The molecule has 20 heavy (non-hydrogen) atoms. The lowest BCUT2D eigenvalue weighted by Crippen LogP contribution is -2.22. The zero-order valence-electron chi connectivity index (χ0n) is 10.6. The third-order valence-electron chi connectivity index (χ3n) is 2.89. The van der Waals surface area contributed by atoms with E-state index >= 15 is 0 Å². The number of cyclic esters (lactones) is 1. The highest BCUT2D eigenvalue weighted by Gasteiger charge is 2.31. The first-order valence-electron chi connectivity index (χ1n) is 6.03. The summed E-state index contributed by atoms with van der Waals surface area (Å²) in [6.45, 7) is 2.06. The number of thiophene rings is 1. The second kappa shape index (κ2) is 5.34. The Hall–Kier alpha value is -1.73. The van der Waals surface area contributed by atoms with Gasteiger partial charge >= 0.3 is 11.9 Å². The van der Waals surface area contributed by atoms with Gasteiger partial charge in [0.15, 0.2) is 0 Å². The van der Waals surface area contributed by atoms with Crippen LogP contribution < -0.4 is 0 Å². The molecule has 3 heterocycles. The van der Waals surface area contributed by atoms with Crippen LogP contribution in [0, 0.1) is 6.92 Å². The summed E-state index contributed by atoms with van der Waals surface area (Å²) < 4.78 is 9.95. The normalized spacial score (nSPS) is 18.1. The number of carbonyl (C=O) groups excluding carboxylic acids is 2. The zero-order chi connectivity index (χ0) is 14.1. The van der Waals surface area contributed by atoms with E-state index in [1.165, 1.54) is 11.3 Å². The van der Waals surface area contributed by atoms with Crippen molar-refractivity contribution in [3.63, 3.8) is 0 Å². The molecule has 2 aromatic rings. The van der Waals surface area contributed by atoms with Gasteiger partial charge < -0.3 is 9.47 Å². The van der Waals surface area contributed by atoms with Crippen LogP contribution >= 0.6 is 22.7 Å². The van der Waals surface area contributed by atoms with Gasteiger partial charge in [0, 0.05) is 17.4 Å². The van der Waals surface area contributed by atoms with Crippen LogP contribution in [0.2, 0.25) is 0 Å². The van der Waals surface area contributed by atoms with E-state index in [1.54, 1.807) is 18.3 Å². The maximum atomic E-state index is 12.1. The fourth-order valence-corrected chi connectivity index (χ4v) is 3.52. The standard InChI is InChI=1S/C13H11NO4S2/c1-7-10(13(16)18-9-2-4-17-12(9)15)20-11(14-7)8-3-5-19-6-8/h3,5-6,9H,2,4H2,1H3/t9-/m0/s1. The Morgan fingerprint density at radius 2 is 2.40 bits per heavy atom. The molecule has 0 amide bonds. The number of rotatable bonds is 3. The van der Waals surface area contributed by atoms with Crippen molar-refractivity contribution in [2.75, 3.05) is 6.61 Å². The van der Waals surface area contributed by atoms with Crippen molar-refractivity contribution in [1.29, 1.82) is 0 Å². The summed E-state index contributed by atoms with van der Waals surface area (Å²) in [6.07, 6.45) is -0.367. The van der Waals surface area contributed by atoms with Crippen LogP contribution in [0.3, 0.4) is 0 Å². The van der Waals surface area contributed by atoms with Crippen molar-refractivity contribution in [1.82, 2.24) is 4.98 Å². The van der Waals surface area contributed by atoms with E-state index in [-0.39, 0.29) is 0 Å². The van der Waals surface area contributed by atoms with Crippen molar-refractivity contribution in [2.45, 2.75) is 19.4 Å². The highest BCUT2D eigenvalue weighted by Crippen LogP contribution is 2.30. The number of ether oxygens (including phenoxy) is 2. The first-order chi connectivity index (χ1) is 9.65. The minimum absolute atomic E-state index is 0.304. The van der Waals surface area contributed by atoms with Crippen LogP contribution in [0.25, 0.3) is 10.6 Å². The maximum Gasteiger partial charge on any atom is 0.351 e. The quantitative estimate of drug-likeness (QED) is 0.816. The van der Waals surface area contributed by atoms with Crippen molar-refractivity contribution in [3.8, 4) is 10.6 Å². The number of esters is 2. The van der Waals surface area contributed by atoms with E-state index in [2.05, 4.69) is 4.98 Å². The van der Waals surface area contributed by atoms with Gasteiger partial charge in [0.2, 0.25) is 6.10 Å². The maximum absolute atomic E-state index is 12.1. The monoisotopic (exact) mass is 309 g/mol. The SMILES string of the molecule is Cc1nc(-c2ccsc2)sc1C(=O)O[C@H]1CCOC1=O. The molecule has 0 radical (unpaired) electrons. The Labute approximate surface area is 123 Å². The van der Waals surface area contributed by atoms with Gasteiger partial charge in [-0.1, -0.05) is 0 Å². The zero-order valence-corrected chi connectivity index (χ0v) is 12.3. The Morgan fingerprint density at radius 1 is 1.55 bits per heavy atom. The molecule has 0 saturated carbocycles. The third-order valence-corrected chi connectivity index (χ3v) is 4.76. The van der Waals surface area contributed by atoms with E-state index < -0.39 is 18.0 Å². The molecule has 1 atom stereocenters. The van der Waals surface area contributed by atoms with Crippen LogP contribution in [0.4, 0.5) is 0 Å². The highest BCUT2D eigenvalue weighted by molar-refractivity contribution is 7.17. The minimum Gasteiger partial charge on any atom is -0.463 e. The van der Waals surface area contributed by atoms with Gasteiger partial charge in [-0.05, 0) is 18.4 Å². The van der Waals surface area contributed by atoms with E-state index in [4.69, 9.17) is 9.47 Å². The summed E-state index contributed by atoms with van der Waals surface area (Å²) in [4.78, 5) is 28.2. The summed E-state index contributed by atoms with van der Waals surface area (Å²) in [5.74, 6) is -0.982. The highest BCUT2D eigenvalue weighted by atomic mass is 32.1. The van der Waals surface area contributed by atoms with Gasteiger partial charge in [-0.15, -0.1) is 11.3 Å². The van der Waals surface area contributed by atoms with E-state index in [9.17, 15) is 9.59 Å². The van der Waals surface area contributed by atoms with Crippen molar-refractivity contribution in [3.05, 3.63) is 27.4 Å². The molecule has 0 aromatic carbocycles. The number of thiazole rings is 1. The predicted octanol–water partition coefficient (Wildman–Crippen LogP) is 2.65. The third kappa shape index (κ3) is 2.46. The van der Waals surface area contributed by atoms with Gasteiger partial charge in [0.1, 0.15) is 9.88 Å². The number of aromatic nitrogens is 1. The molecule has 1 fully saturated rings. The molecule has 5 nitrogen and oxygen atoms in total. The Balaban J connectivity index is 1.80. The fourth-order valence-electron chi connectivity index (χ4n) is 1.86. The van der Waals surface area contributed by atoms with Crippen molar-refractivity contribution >= 4 is 34.6 Å². The lowest BCUT2D eigenvalue weighted by molar-refractivity contribution is -0.145. The second-order valence-electron chi connectivity index (χ2n) is 4.30. The molecule has 1 saturated heterocycles. The van der Waals surface area contributed by atoms with Crippen LogP contribution in [0.5, 0.6) is 0 Å². The smallest absolute Gasteiger partial charge is 0.351 e. The van der Waals surface area contributed by atoms with Gasteiger partial charge in [-0.25, -0.2) is 14.6 Å². The molecular formula is C13H11NO4S2. The molecule has 0 N–H and O–H groups in total. The average Bonchev–Trinajstić information content (AvgIpc) is 3.11. The molecule has 1 aliphatic heterocycles. The van der Waals surface area contributed by atoms with Crippen LogP contribution in [0.15, 0.2) is 16.8 Å². The first-order valence-corrected chi connectivity index (χ1v) is 7.78. The molecule has 0 unspecified atom stereocenters. The predicted molar refractivity (Wildman–Crippen MR) is 74.9 cm³/mol. The molecule has 3 rings (SSSR count). The number of hydrogen-bond donors (Lipinski definition) is 0. The fraction of sp³-hybridized carbons (Fsp3) is 0.308. The van der Waals surface area contributed by atoms with Crippen LogP contribution in [-0.2, 0) is 14.3 Å². The molecule has 1 aliphatic rings. The average molecular weight is 309 g/mol. The van der Waals surface area contributed by atoms with E-state index in [1.807, 2.05) is 16.8 Å². The largest absolute Gasteiger partial charge is 0.463 e. The van der Waals surface area contributed by atoms with Gasteiger partial charge in [0.25, 0.3) is 0 Å². The summed E-state index contributed by atoms with van der Waals surface area (Å²) in [5.41, 5.74) is 1.61. The molecule has 0 aliphatic carbocycles. The lowest BCUT2D eigenvalue weighted by Gasteiger charge is -2.06. The number of hydrogen-bond acceptors (Lipinski definition) is 7. The van der Waals surface area contributed by atoms with Crippen LogP contribution in [0.1, 0.15) is 21.8 Å². The van der Waals surface area contributed by atoms with E-state index in [0.29, 0.717) is 23.6 Å². The first kappa shape index (κ1) is 13.3. The van der Waals surface area contributed by atoms with Crippen molar-refractivity contribution < 1.29 is 19.1 Å². The summed E-state index contributed by atoms with van der Waals surface area (Å²) in [7, 11) is 0. The molecule has 2 aromatic heterocycles. The molecule has 7 heteroatoms. The molecule has 104 valence electrons. The molecular weight excluding hydrogens is 298 g/mol. The second-order valence-corrected chi connectivity index (χ2v) is 6.07. The topological polar surface area (TPSA) is 65.5 Å². The van der Waals surface area contributed by atoms with Crippen molar-refractivity contribution in [2.24, 2.45) is 0 Å². The van der Waals surface area contributed by atoms with Gasteiger partial charge in [-0.3, -0.25) is 0 Å².